The normalized spacial score (nSPS) is 12.3. The largest absolute Gasteiger partial charge is 0.496 e. The highest BCUT2D eigenvalue weighted by Crippen LogP contribution is 2.21. The molecule has 14 heavy (non-hydrogen) atoms. The van der Waals surface area contributed by atoms with E-state index in [4.69, 9.17) is 9.84 Å². The Kier molecular flexibility index (Phi) is 3.77. The highest BCUT2D eigenvalue weighted by molar-refractivity contribution is 5.50. The zero-order valence-corrected chi connectivity index (χ0v) is 8.87. The van der Waals surface area contributed by atoms with E-state index < -0.39 is 0 Å². The maximum atomic E-state index is 9.10. The van der Waals surface area contributed by atoms with Crippen molar-refractivity contribution < 1.29 is 9.84 Å². The lowest BCUT2D eigenvalue weighted by atomic mass is 10.2. The van der Waals surface area contributed by atoms with Gasteiger partial charge in [-0.25, -0.2) is 0 Å². The van der Waals surface area contributed by atoms with E-state index in [0.29, 0.717) is 6.54 Å². The molecule has 3 heteroatoms. The van der Waals surface area contributed by atoms with Crippen molar-refractivity contribution >= 4 is 5.69 Å². The molecule has 0 fully saturated rings. The predicted octanol–water partition coefficient (Wildman–Crippen LogP) is 1.80. The number of aliphatic hydroxyl groups is 1. The van der Waals surface area contributed by atoms with Crippen LogP contribution >= 0.6 is 0 Å². The summed E-state index contributed by atoms with van der Waals surface area (Å²) in [6.45, 7) is 4.31. The van der Waals surface area contributed by atoms with Gasteiger partial charge in [-0.1, -0.05) is 0 Å². The van der Waals surface area contributed by atoms with E-state index in [1.54, 1.807) is 14.0 Å². The maximum absolute atomic E-state index is 9.10. The Balaban J connectivity index is 2.66. The van der Waals surface area contributed by atoms with Crippen LogP contribution in [0.4, 0.5) is 5.69 Å². The molecule has 0 amide bonds. The Hall–Kier alpha value is -1.22. The van der Waals surface area contributed by atoms with Crippen molar-refractivity contribution in [3.05, 3.63) is 23.8 Å². The second kappa shape index (κ2) is 4.86. The molecule has 0 bridgehead atoms. The average molecular weight is 195 g/mol. The molecule has 1 aromatic carbocycles. The average Bonchev–Trinajstić information content (AvgIpc) is 2.15. The lowest BCUT2D eigenvalue weighted by Gasteiger charge is -2.10. The Morgan fingerprint density at radius 1 is 1.50 bits per heavy atom. The van der Waals surface area contributed by atoms with Crippen molar-refractivity contribution in [2.75, 3.05) is 19.0 Å². The molecule has 0 radical (unpaired) electrons. The fraction of sp³-hybridized carbons (Fsp3) is 0.455. The number of aryl methyl sites for hydroxylation is 1. The van der Waals surface area contributed by atoms with Gasteiger partial charge in [-0.2, -0.15) is 0 Å². The number of hydrogen-bond donors (Lipinski definition) is 2. The van der Waals surface area contributed by atoms with E-state index in [1.807, 2.05) is 25.1 Å². The highest BCUT2D eigenvalue weighted by atomic mass is 16.5. The first-order valence-corrected chi connectivity index (χ1v) is 4.70. The zero-order valence-electron chi connectivity index (χ0n) is 8.87. The number of aliphatic hydroxyl groups excluding tert-OH is 1. The molecule has 0 spiro atoms. The van der Waals surface area contributed by atoms with Gasteiger partial charge in [0.1, 0.15) is 5.75 Å². The lowest BCUT2D eigenvalue weighted by Crippen LogP contribution is -2.15. The predicted molar refractivity (Wildman–Crippen MR) is 57.9 cm³/mol. The van der Waals surface area contributed by atoms with Gasteiger partial charge in [0.2, 0.25) is 0 Å². The number of benzene rings is 1. The van der Waals surface area contributed by atoms with Gasteiger partial charge in [0.05, 0.1) is 13.2 Å². The fourth-order valence-corrected chi connectivity index (χ4v) is 1.25. The van der Waals surface area contributed by atoms with Gasteiger partial charge in [0.25, 0.3) is 0 Å². The molecule has 0 saturated heterocycles. The van der Waals surface area contributed by atoms with Crippen LogP contribution in [0.25, 0.3) is 0 Å². The van der Waals surface area contributed by atoms with Crippen molar-refractivity contribution in [1.29, 1.82) is 0 Å². The third kappa shape index (κ3) is 2.92. The van der Waals surface area contributed by atoms with Gasteiger partial charge in [0.15, 0.2) is 0 Å². The molecule has 0 aliphatic carbocycles. The summed E-state index contributed by atoms with van der Waals surface area (Å²) in [6.07, 6.45) is -0.336. The minimum Gasteiger partial charge on any atom is -0.496 e. The van der Waals surface area contributed by atoms with Crippen molar-refractivity contribution in [2.45, 2.75) is 20.0 Å². The first-order chi connectivity index (χ1) is 6.63. The molecule has 1 rings (SSSR count). The minimum absolute atomic E-state index is 0.336. The summed E-state index contributed by atoms with van der Waals surface area (Å²) in [4.78, 5) is 0. The quantitative estimate of drug-likeness (QED) is 0.769. The van der Waals surface area contributed by atoms with Crippen molar-refractivity contribution in [1.82, 2.24) is 0 Å². The summed E-state index contributed by atoms with van der Waals surface area (Å²) < 4.78 is 5.15. The van der Waals surface area contributed by atoms with Crippen LogP contribution in [0.2, 0.25) is 0 Å². The third-order valence-corrected chi connectivity index (χ3v) is 2.00. The molecule has 1 atom stereocenters. The van der Waals surface area contributed by atoms with Crippen LogP contribution < -0.4 is 10.1 Å². The van der Waals surface area contributed by atoms with E-state index in [-0.39, 0.29) is 6.10 Å². The molecule has 0 aromatic heterocycles. The van der Waals surface area contributed by atoms with E-state index >= 15 is 0 Å². The van der Waals surface area contributed by atoms with Crippen LogP contribution in [0.3, 0.4) is 0 Å². The van der Waals surface area contributed by atoms with Crippen LogP contribution in [-0.2, 0) is 0 Å². The molecule has 0 aliphatic heterocycles. The first kappa shape index (κ1) is 10.9. The SMILES string of the molecule is COc1ccc(NCC(C)O)cc1C. The summed E-state index contributed by atoms with van der Waals surface area (Å²) in [7, 11) is 1.66. The number of ether oxygens (including phenoxy) is 1. The maximum Gasteiger partial charge on any atom is 0.121 e. The number of nitrogens with one attached hydrogen (secondary N) is 1. The summed E-state index contributed by atoms with van der Waals surface area (Å²) in [5.74, 6) is 0.882. The molecule has 2 N–H and O–H groups in total. The van der Waals surface area contributed by atoms with Gasteiger partial charge in [-0.05, 0) is 37.6 Å². The first-order valence-electron chi connectivity index (χ1n) is 4.70. The van der Waals surface area contributed by atoms with Gasteiger partial charge in [-0.15, -0.1) is 0 Å². The van der Waals surface area contributed by atoms with Gasteiger partial charge < -0.3 is 15.2 Å². The Morgan fingerprint density at radius 2 is 2.21 bits per heavy atom. The molecule has 0 saturated carbocycles. The smallest absolute Gasteiger partial charge is 0.121 e. The minimum atomic E-state index is -0.336. The van der Waals surface area contributed by atoms with Crippen LogP contribution in [0.15, 0.2) is 18.2 Å². The third-order valence-electron chi connectivity index (χ3n) is 2.00. The molecule has 1 aromatic rings. The van der Waals surface area contributed by atoms with Crippen LogP contribution in [0.1, 0.15) is 12.5 Å². The summed E-state index contributed by atoms with van der Waals surface area (Å²) in [6, 6.07) is 5.86. The molecular weight excluding hydrogens is 178 g/mol. The molecule has 78 valence electrons. The Bertz CT molecular complexity index is 297. The zero-order chi connectivity index (χ0) is 10.6. The molecule has 0 heterocycles. The highest BCUT2D eigenvalue weighted by Gasteiger charge is 2.00. The summed E-state index contributed by atoms with van der Waals surface area (Å²) in [5, 5.41) is 12.2. The Labute approximate surface area is 84.7 Å². The van der Waals surface area contributed by atoms with Gasteiger partial charge in [0, 0.05) is 12.2 Å². The number of anilines is 1. The van der Waals surface area contributed by atoms with Crippen LogP contribution in [0, 0.1) is 6.92 Å². The van der Waals surface area contributed by atoms with E-state index in [9.17, 15) is 0 Å². The number of rotatable bonds is 4. The monoisotopic (exact) mass is 195 g/mol. The van der Waals surface area contributed by atoms with E-state index in [0.717, 1.165) is 17.0 Å². The Morgan fingerprint density at radius 3 is 2.71 bits per heavy atom. The second-order valence-corrected chi connectivity index (χ2v) is 3.41. The van der Waals surface area contributed by atoms with Gasteiger partial charge >= 0.3 is 0 Å². The molecular formula is C11H17NO2. The standard InChI is InChI=1S/C11H17NO2/c1-8-6-10(12-7-9(2)13)4-5-11(8)14-3/h4-6,9,12-13H,7H2,1-3H3. The van der Waals surface area contributed by atoms with Crippen LogP contribution in [0.5, 0.6) is 5.75 Å². The second-order valence-electron chi connectivity index (χ2n) is 3.41. The van der Waals surface area contributed by atoms with Crippen molar-refractivity contribution in [2.24, 2.45) is 0 Å². The molecule has 1 unspecified atom stereocenters. The number of hydrogen-bond acceptors (Lipinski definition) is 3. The van der Waals surface area contributed by atoms with Crippen LogP contribution in [-0.4, -0.2) is 24.9 Å². The van der Waals surface area contributed by atoms with E-state index in [2.05, 4.69) is 5.32 Å². The molecule has 0 aliphatic rings. The molecule has 3 nitrogen and oxygen atoms in total. The lowest BCUT2D eigenvalue weighted by molar-refractivity contribution is 0.208. The van der Waals surface area contributed by atoms with Crippen molar-refractivity contribution in [3.8, 4) is 5.75 Å². The van der Waals surface area contributed by atoms with E-state index in [1.165, 1.54) is 0 Å². The summed E-state index contributed by atoms with van der Waals surface area (Å²) in [5.41, 5.74) is 2.09. The van der Waals surface area contributed by atoms with Gasteiger partial charge in [-0.3, -0.25) is 0 Å². The number of methoxy groups -OCH3 is 1. The summed E-state index contributed by atoms with van der Waals surface area (Å²) >= 11 is 0. The topological polar surface area (TPSA) is 41.5 Å². The van der Waals surface area contributed by atoms with Crippen molar-refractivity contribution in [3.63, 3.8) is 0 Å². The fourth-order valence-electron chi connectivity index (χ4n) is 1.25.